The first-order chi connectivity index (χ1) is 17.9. The first-order valence-corrected chi connectivity index (χ1v) is 12.6. The number of halogens is 1. The van der Waals surface area contributed by atoms with Gasteiger partial charge in [-0.2, -0.15) is 0 Å². The van der Waals surface area contributed by atoms with Crippen molar-refractivity contribution in [1.29, 1.82) is 0 Å². The minimum atomic E-state index is -1.03. The van der Waals surface area contributed by atoms with Gasteiger partial charge in [-0.3, -0.25) is 14.5 Å². The number of carbonyl (C=O) groups excluding carboxylic acids is 2. The monoisotopic (exact) mass is 502 g/mol. The largest absolute Gasteiger partial charge is 0.351 e. The predicted molar refractivity (Wildman–Crippen MR) is 148 cm³/mol. The Morgan fingerprint density at radius 3 is 2.62 bits per heavy atom. The molecule has 1 fully saturated rings. The standard InChI is InChI=1S/C30H35FN4O2/c1-5-12-22(13-6-2)29(30(37)33-24-16-9-10-17-24)35(25-18-11-15-23(31)19-25)28(36)20-34-21-32-26(8-4)27(34)14-7-3/h5-8,11-15,18-19,21,24,29H,1,4,9-10,16-17,20H2,2-3H3,(H,33,37)/b13-6-,14-7-,22-12+. The van der Waals surface area contributed by atoms with Crippen molar-refractivity contribution in [2.75, 3.05) is 4.90 Å². The second-order valence-electron chi connectivity index (χ2n) is 8.89. The number of imidazole rings is 1. The molecule has 1 unspecified atom stereocenters. The van der Waals surface area contributed by atoms with Crippen LogP contribution in [-0.2, 0) is 16.1 Å². The number of hydrogen-bond donors (Lipinski definition) is 1. The fraction of sp³-hybridized carbons (Fsp3) is 0.300. The van der Waals surface area contributed by atoms with Crippen LogP contribution < -0.4 is 10.2 Å². The molecule has 0 saturated heterocycles. The van der Waals surface area contributed by atoms with E-state index < -0.39 is 17.8 Å². The normalized spacial score (nSPS) is 15.3. The van der Waals surface area contributed by atoms with E-state index in [9.17, 15) is 14.0 Å². The SMILES string of the molecule is C=C/C=C(\C=C/C)C(C(=O)NC1CCCC1)N(C(=O)Cn1cnc(C=C)c1/C=C\C)c1cccc(F)c1. The molecule has 1 aromatic carbocycles. The number of amides is 2. The molecule has 1 N–H and O–H groups in total. The lowest BCUT2D eigenvalue weighted by atomic mass is 10.0. The van der Waals surface area contributed by atoms with Gasteiger partial charge in [-0.15, -0.1) is 0 Å². The van der Waals surface area contributed by atoms with E-state index in [0.717, 1.165) is 25.7 Å². The Hall–Kier alpha value is -4.00. The summed E-state index contributed by atoms with van der Waals surface area (Å²) in [6.07, 6.45) is 17.6. The van der Waals surface area contributed by atoms with Crippen molar-refractivity contribution in [2.24, 2.45) is 0 Å². The molecule has 1 aliphatic rings. The highest BCUT2D eigenvalue weighted by molar-refractivity contribution is 6.03. The number of allylic oxidation sites excluding steroid dienone is 4. The van der Waals surface area contributed by atoms with Crippen LogP contribution in [0.25, 0.3) is 12.2 Å². The Kier molecular flexibility index (Phi) is 9.95. The van der Waals surface area contributed by atoms with E-state index in [0.29, 0.717) is 17.0 Å². The molecular weight excluding hydrogens is 467 g/mol. The number of benzene rings is 1. The summed E-state index contributed by atoms with van der Waals surface area (Å²) in [5.41, 5.74) is 2.21. The summed E-state index contributed by atoms with van der Waals surface area (Å²) in [6.45, 7) is 11.2. The lowest BCUT2D eigenvalue weighted by molar-refractivity contribution is -0.126. The predicted octanol–water partition coefficient (Wildman–Crippen LogP) is 5.85. The molecule has 0 radical (unpaired) electrons. The fourth-order valence-electron chi connectivity index (χ4n) is 4.65. The molecule has 1 saturated carbocycles. The van der Waals surface area contributed by atoms with Gasteiger partial charge in [0.25, 0.3) is 0 Å². The Bertz CT molecular complexity index is 1220. The fourth-order valence-corrected chi connectivity index (χ4v) is 4.65. The van der Waals surface area contributed by atoms with Gasteiger partial charge in [0.2, 0.25) is 11.8 Å². The summed E-state index contributed by atoms with van der Waals surface area (Å²) in [4.78, 5) is 33.6. The van der Waals surface area contributed by atoms with E-state index in [4.69, 9.17) is 0 Å². The summed E-state index contributed by atoms with van der Waals surface area (Å²) >= 11 is 0. The third-order valence-electron chi connectivity index (χ3n) is 6.28. The van der Waals surface area contributed by atoms with Crippen LogP contribution in [0, 0.1) is 5.82 Å². The van der Waals surface area contributed by atoms with Gasteiger partial charge in [-0.1, -0.05) is 62.4 Å². The maximum atomic E-state index is 14.4. The number of hydrogen-bond acceptors (Lipinski definition) is 3. The molecule has 1 atom stereocenters. The molecule has 0 spiro atoms. The van der Waals surface area contributed by atoms with Crippen LogP contribution >= 0.6 is 0 Å². The molecule has 3 rings (SSSR count). The molecule has 6 nitrogen and oxygen atoms in total. The number of aromatic nitrogens is 2. The summed E-state index contributed by atoms with van der Waals surface area (Å²) in [7, 11) is 0. The molecule has 2 aromatic rings. The van der Waals surface area contributed by atoms with Crippen molar-refractivity contribution in [3.05, 3.63) is 96.9 Å². The molecule has 7 heteroatoms. The van der Waals surface area contributed by atoms with E-state index in [1.807, 2.05) is 26.0 Å². The minimum Gasteiger partial charge on any atom is -0.351 e. The molecule has 0 aliphatic heterocycles. The summed E-state index contributed by atoms with van der Waals surface area (Å²) in [5.74, 6) is -1.21. The average molecular weight is 503 g/mol. The second-order valence-corrected chi connectivity index (χ2v) is 8.89. The third kappa shape index (κ3) is 6.82. The highest BCUT2D eigenvalue weighted by Gasteiger charge is 2.35. The van der Waals surface area contributed by atoms with Gasteiger partial charge in [-0.05, 0) is 62.6 Å². The van der Waals surface area contributed by atoms with Gasteiger partial charge in [-0.25, -0.2) is 9.37 Å². The van der Waals surface area contributed by atoms with Gasteiger partial charge in [0, 0.05) is 11.7 Å². The summed E-state index contributed by atoms with van der Waals surface area (Å²) in [5, 5.41) is 3.13. The Labute approximate surface area is 218 Å². The molecular formula is C30H35FN4O2. The third-order valence-corrected chi connectivity index (χ3v) is 6.28. The molecule has 1 aromatic heterocycles. The van der Waals surface area contributed by atoms with Crippen molar-refractivity contribution in [3.8, 4) is 0 Å². The molecule has 1 heterocycles. The molecule has 37 heavy (non-hydrogen) atoms. The van der Waals surface area contributed by atoms with E-state index in [-0.39, 0.29) is 24.2 Å². The van der Waals surface area contributed by atoms with Crippen molar-refractivity contribution in [2.45, 2.75) is 58.2 Å². The van der Waals surface area contributed by atoms with Crippen LogP contribution in [0.3, 0.4) is 0 Å². The lowest BCUT2D eigenvalue weighted by Crippen LogP contribution is -2.53. The Balaban J connectivity index is 2.12. The molecule has 0 bridgehead atoms. The van der Waals surface area contributed by atoms with Gasteiger partial charge < -0.3 is 9.88 Å². The van der Waals surface area contributed by atoms with E-state index in [1.165, 1.54) is 23.1 Å². The van der Waals surface area contributed by atoms with Crippen LogP contribution in [0.15, 0.2) is 79.7 Å². The van der Waals surface area contributed by atoms with Crippen molar-refractivity contribution < 1.29 is 14.0 Å². The summed E-state index contributed by atoms with van der Waals surface area (Å²) in [6, 6.07) is 4.75. The zero-order valence-corrected chi connectivity index (χ0v) is 21.6. The quantitative estimate of drug-likeness (QED) is 0.392. The van der Waals surface area contributed by atoms with Crippen LogP contribution in [0.4, 0.5) is 10.1 Å². The highest BCUT2D eigenvalue weighted by atomic mass is 19.1. The van der Waals surface area contributed by atoms with Crippen LogP contribution in [0.2, 0.25) is 0 Å². The Morgan fingerprint density at radius 2 is 2.00 bits per heavy atom. The van der Waals surface area contributed by atoms with E-state index in [2.05, 4.69) is 23.5 Å². The number of rotatable bonds is 11. The van der Waals surface area contributed by atoms with Gasteiger partial charge in [0.05, 0.1) is 17.7 Å². The van der Waals surface area contributed by atoms with Gasteiger partial charge >= 0.3 is 0 Å². The minimum absolute atomic E-state index is 0.0418. The number of nitrogens with one attached hydrogen (secondary N) is 1. The number of anilines is 1. The molecule has 194 valence electrons. The first-order valence-electron chi connectivity index (χ1n) is 12.6. The number of carbonyl (C=O) groups is 2. The number of nitrogens with zero attached hydrogens (tertiary/aromatic N) is 3. The van der Waals surface area contributed by atoms with E-state index in [1.54, 1.807) is 47.3 Å². The van der Waals surface area contributed by atoms with Crippen LogP contribution in [0.1, 0.15) is 50.9 Å². The highest BCUT2D eigenvalue weighted by Crippen LogP contribution is 2.26. The summed E-state index contributed by atoms with van der Waals surface area (Å²) < 4.78 is 16.1. The topological polar surface area (TPSA) is 67.2 Å². The molecule has 2 amide bonds. The smallest absolute Gasteiger partial charge is 0.248 e. The lowest BCUT2D eigenvalue weighted by Gasteiger charge is -2.33. The van der Waals surface area contributed by atoms with Crippen molar-refractivity contribution in [3.63, 3.8) is 0 Å². The zero-order chi connectivity index (χ0) is 26.8. The maximum absolute atomic E-state index is 14.4. The zero-order valence-electron chi connectivity index (χ0n) is 21.6. The van der Waals surface area contributed by atoms with Gasteiger partial charge in [0.15, 0.2) is 0 Å². The maximum Gasteiger partial charge on any atom is 0.248 e. The molecule has 1 aliphatic carbocycles. The van der Waals surface area contributed by atoms with Crippen LogP contribution in [0.5, 0.6) is 0 Å². The Morgan fingerprint density at radius 1 is 1.24 bits per heavy atom. The first kappa shape index (κ1) is 27.6. The average Bonchev–Trinajstić information content (AvgIpc) is 3.52. The van der Waals surface area contributed by atoms with Crippen molar-refractivity contribution >= 4 is 29.7 Å². The van der Waals surface area contributed by atoms with E-state index >= 15 is 0 Å². The van der Waals surface area contributed by atoms with Crippen molar-refractivity contribution in [1.82, 2.24) is 14.9 Å². The van der Waals surface area contributed by atoms with Crippen LogP contribution in [-0.4, -0.2) is 33.4 Å². The van der Waals surface area contributed by atoms with Gasteiger partial charge in [0.1, 0.15) is 18.4 Å². The second kappa shape index (κ2) is 13.3.